The number of imidazole rings is 3. The Hall–Kier alpha value is -13.6. The number of fused-ring (bicyclic) bond motifs is 3. The summed E-state index contributed by atoms with van der Waals surface area (Å²) in [6.45, 7) is 9.69. The van der Waals surface area contributed by atoms with Crippen molar-refractivity contribution < 1.29 is 39.7 Å². The van der Waals surface area contributed by atoms with Gasteiger partial charge in [-0.15, -0.1) is 23.2 Å². The Morgan fingerprint density at radius 3 is 1.33 bits per heavy atom. The Kier molecular flexibility index (Phi) is 34.7. The zero-order valence-corrected chi connectivity index (χ0v) is 77.4. The molecule has 17 aromatic rings. The van der Waals surface area contributed by atoms with Crippen LogP contribution in [0.1, 0.15) is 55.5 Å². The van der Waals surface area contributed by atoms with Gasteiger partial charge in [0.05, 0.1) is 82.5 Å². The van der Waals surface area contributed by atoms with E-state index in [-0.39, 0.29) is 65.9 Å². The number of aldehydes is 1. The lowest BCUT2D eigenvalue weighted by Gasteiger charge is -2.32. The van der Waals surface area contributed by atoms with Gasteiger partial charge in [0.2, 0.25) is 0 Å². The largest absolute Gasteiger partial charge is 0.496 e. The molecule has 132 heavy (non-hydrogen) atoms. The smallest absolute Gasteiger partial charge is 0.399 e. The first-order chi connectivity index (χ1) is 63.2. The molecular weight excluding hydrogens is 1930 g/mol. The minimum Gasteiger partial charge on any atom is -0.399 e. The number of rotatable bonds is 18. The molecule has 7 aromatic carbocycles. The molecule has 18 rings (SSSR count). The molecule has 0 amide bonds. The highest BCUT2D eigenvalue weighted by Gasteiger charge is 2.52. The van der Waals surface area contributed by atoms with Crippen molar-refractivity contribution >= 4 is 148 Å². The van der Waals surface area contributed by atoms with Crippen LogP contribution in [0.3, 0.4) is 0 Å². The van der Waals surface area contributed by atoms with Crippen LogP contribution in [0.15, 0.2) is 345 Å². The van der Waals surface area contributed by atoms with Gasteiger partial charge in [-0.2, -0.15) is 4.98 Å². The summed E-state index contributed by atoms with van der Waals surface area (Å²) in [5.74, 6) is 0.225. The van der Waals surface area contributed by atoms with E-state index in [1.807, 2.05) is 191 Å². The first kappa shape index (κ1) is 98.9. The number of H-pyrrole nitrogens is 1. The fourth-order valence-electron chi connectivity index (χ4n) is 12.1. The summed E-state index contributed by atoms with van der Waals surface area (Å²) in [6, 6.07) is 69.4. The number of halogens is 7. The summed E-state index contributed by atoms with van der Waals surface area (Å²) in [5, 5.41) is -0.115. The zero-order valence-electron chi connectivity index (χ0n) is 70.6. The summed E-state index contributed by atoms with van der Waals surface area (Å²) in [7, 11) is -8.73. The van der Waals surface area contributed by atoms with Gasteiger partial charge in [-0.25, -0.2) is 88.3 Å². The number of hydrogen-bond donors (Lipinski definition) is 5. The first-order valence-electron chi connectivity index (χ1n) is 39.7. The number of carbonyl (C=O) groups excluding carboxylic acids is 1. The molecule has 1 fully saturated rings. The van der Waals surface area contributed by atoms with E-state index >= 15 is 0 Å². The summed E-state index contributed by atoms with van der Waals surface area (Å²) in [5.41, 5.74) is 16.9. The van der Waals surface area contributed by atoms with Crippen molar-refractivity contribution in [3.05, 3.63) is 417 Å². The predicted molar refractivity (Wildman–Crippen MR) is 516 cm³/mol. The second kappa shape index (κ2) is 46.3. The minimum absolute atomic E-state index is 0.00369. The SMILES string of the molecule is CC1(C)OB(c2cnc(Cl)c(NS(=O)(=O)c3ccc(F)cc3)c2)OC1(C)C.ClCc1ccccc1.Nc1ccn(Cc2ccccc2)c(=O)n1.Nc1ccnc(=O)[nH]1.O=CCCl.O=c1n(Cc2ccccc2)ccc2ncc(-c3cnc(Cl)c(NS(=O)(=O)c4ccc(F)cc4)c3)n12.O=c1n(Cc2ccccc2)ccc2ncc(I)n12.O=c1n(Cc2ccccc2)ccc2nccn12. The van der Waals surface area contributed by atoms with Crippen molar-refractivity contribution in [3.63, 3.8) is 0 Å². The van der Waals surface area contributed by atoms with E-state index in [1.165, 1.54) is 57.5 Å². The fraction of sp³-hybridized carbons (Fsp3) is 0.132. The first-order valence-corrected chi connectivity index (χ1v) is 45.5. The lowest BCUT2D eigenvalue weighted by atomic mass is 9.80. The quantitative estimate of drug-likeness (QED) is 0.0175. The minimum atomic E-state index is -4.06. The number of nitrogens with one attached hydrogen (secondary N) is 3. The molecular formula is C91H83BCl4F2IN19O12S2. The molecule has 0 unspecified atom stereocenters. The van der Waals surface area contributed by atoms with Gasteiger partial charge in [-0.1, -0.05) is 175 Å². The van der Waals surface area contributed by atoms with E-state index in [2.05, 4.69) is 71.9 Å². The number of benzene rings is 7. The van der Waals surface area contributed by atoms with Crippen molar-refractivity contribution in [1.82, 2.24) is 71.3 Å². The maximum Gasteiger partial charge on any atom is 0.496 e. The number of nitrogens with two attached hydrogens (primary N) is 2. The second-order valence-corrected chi connectivity index (χ2v) is 35.1. The standard InChI is InChI=1S/C24H17ClFN5O3S.C17H19BClFN2O4S.C13H10IN3O.C13H11N3O.C11H11N3O.C7H7Cl.C4H5N3O.C2H3ClO/c25-23-20(29-35(33,34)19-8-6-18(26)7-9-19)12-17(13-28-23)21-14-27-22-10-11-30(24(32)31(21)22)15-16-4-2-1-3-5-16;1-16(2)17(3,4)26-18(25-16)11-9-14(15(19)21-10-11)22-27(23,24)13-7-5-12(20)6-8-13;14-11-8-15-12-6-7-16(13(18)17(11)12)9-10-4-2-1-3-5-10;17-13-15(10-11-4-2-1-3-5-11)8-6-12-14-7-9-16(12)13;12-10-6-7-14(11(15)13-10)8-9-4-2-1-3-5-9;8-6-7-4-2-1-3-5-7;5-3-1-2-6-4(8)7-3;3-1-2-4/h1-14,29H,15H2;5-10,22H,1-4H3;1-8H,9H2;1-9H,10H2;1-7H,8H2,(H2,12,13,15);1-5H,6H2;1-2H,(H3,5,6,7,8);2H,1H2. The van der Waals surface area contributed by atoms with E-state index in [4.69, 9.17) is 72.0 Å². The van der Waals surface area contributed by atoms with Gasteiger partial charge >= 0.3 is 35.6 Å². The molecule has 0 spiro atoms. The Bertz CT molecular complexity index is 7310. The van der Waals surface area contributed by atoms with Gasteiger partial charge in [0.15, 0.2) is 10.3 Å². The van der Waals surface area contributed by atoms with Gasteiger partial charge in [0.1, 0.15) is 50.2 Å². The molecule has 0 atom stereocenters. The molecule has 11 heterocycles. The third-order valence-electron chi connectivity index (χ3n) is 19.4. The third kappa shape index (κ3) is 27.3. The van der Waals surface area contributed by atoms with Crippen LogP contribution < -0.4 is 54.8 Å². The Balaban J connectivity index is 0.000000155. The number of sulfonamides is 2. The van der Waals surface area contributed by atoms with Gasteiger partial charge in [0.25, 0.3) is 20.0 Å². The van der Waals surface area contributed by atoms with Crippen molar-refractivity contribution in [2.24, 2.45) is 0 Å². The van der Waals surface area contributed by atoms with Crippen LogP contribution in [0.25, 0.3) is 28.2 Å². The number of aromatic amines is 1. The van der Waals surface area contributed by atoms with E-state index in [0.29, 0.717) is 77.8 Å². The molecule has 0 saturated carbocycles. The molecule has 10 aromatic heterocycles. The number of hydrogen-bond acceptors (Lipinski definition) is 21. The highest BCUT2D eigenvalue weighted by Crippen LogP contribution is 2.37. The van der Waals surface area contributed by atoms with Crippen LogP contribution in [-0.2, 0) is 66.2 Å². The predicted octanol–water partition coefficient (Wildman–Crippen LogP) is 13.9. The number of nitrogens with zero attached hydrogens (tertiary/aromatic N) is 14. The number of nitrogen functional groups attached to an aromatic ring is 2. The molecule has 1 aliphatic rings. The zero-order chi connectivity index (χ0) is 94.7. The van der Waals surface area contributed by atoms with Gasteiger partial charge in [-0.05, 0) is 169 Å². The lowest BCUT2D eigenvalue weighted by Crippen LogP contribution is -2.41. The fourth-order valence-corrected chi connectivity index (χ4v) is 15.4. The van der Waals surface area contributed by atoms with Gasteiger partial charge < -0.3 is 25.6 Å². The molecule has 0 bridgehead atoms. The van der Waals surface area contributed by atoms with Crippen molar-refractivity contribution in [2.75, 3.05) is 26.8 Å². The van der Waals surface area contributed by atoms with Crippen molar-refractivity contribution in [3.8, 4) is 11.3 Å². The van der Waals surface area contributed by atoms with Crippen LogP contribution in [0, 0.1) is 15.3 Å². The summed E-state index contributed by atoms with van der Waals surface area (Å²) in [4.78, 5) is 98.1. The topological polar surface area (TPSA) is 404 Å². The average Bonchev–Trinajstić information content (AvgIpc) is 1.65. The van der Waals surface area contributed by atoms with Crippen LogP contribution in [0.4, 0.5) is 31.8 Å². The Labute approximate surface area is 788 Å². The van der Waals surface area contributed by atoms with Crippen LogP contribution >= 0.6 is 69.0 Å². The Morgan fingerprint density at radius 1 is 0.477 bits per heavy atom. The average molecular weight is 2020 g/mol. The maximum atomic E-state index is 13.3. The van der Waals surface area contributed by atoms with Crippen molar-refractivity contribution in [1.29, 1.82) is 0 Å². The molecule has 1 aliphatic heterocycles. The Morgan fingerprint density at radius 2 is 0.894 bits per heavy atom. The van der Waals surface area contributed by atoms with Gasteiger partial charge in [-0.3, -0.25) is 37.1 Å². The lowest BCUT2D eigenvalue weighted by molar-refractivity contribution is -0.105. The number of anilines is 4. The second-order valence-electron chi connectivity index (χ2n) is 29.3. The highest BCUT2D eigenvalue weighted by atomic mass is 127. The summed E-state index contributed by atoms with van der Waals surface area (Å²) >= 11 is 24.7. The van der Waals surface area contributed by atoms with Crippen molar-refractivity contribution in [2.45, 2.75) is 80.7 Å². The molecule has 7 N–H and O–H groups in total. The van der Waals surface area contributed by atoms with Crippen LogP contribution in [0.5, 0.6) is 0 Å². The molecule has 0 radical (unpaired) electrons. The monoisotopic (exact) mass is 2010 g/mol. The number of aromatic nitrogens is 15. The number of carbonyl (C=O) groups is 1. The third-order valence-corrected chi connectivity index (χ3v) is 24.0. The molecule has 31 nitrogen and oxygen atoms in total. The highest BCUT2D eigenvalue weighted by molar-refractivity contribution is 14.1. The van der Waals surface area contributed by atoms with Crippen LogP contribution in [-0.4, -0.2) is 119 Å². The van der Waals surface area contributed by atoms with Gasteiger partial charge in [0, 0.05) is 72.7 Å². The molecule has 678 valence electrons. The molecule has 1 saturated heterocycles. The van der Waals surface area contributed by atoms with E-state index in [0.717, 1.165) is 74.5 Å². The number of alkyl halides is 2. The van der Waals surface area contributed by atoms with E-state index < -0.39 is 55.7 Å². The summed E-state index contributed by atoms with van der Waals surface area (Å²) in [6.07, 6.45) is 18.3. The maximum absolute atomic E-state index is 13.3. The van der Waals surface area contributed by atoms with E-state index in [1.54, 1.807) is 78.0 Å². The number of pyridine rings is 2. The van der Waals surface area contributed by atoms with Crippen LogP contribution in [0.2, 0.25) is 10.3 Å². The summed E-state index contributed by atoms with van der Waals surface area (Å²) < 4.78 is 105. The molecule has 0 aliphatic carbocycles. The molecule has 41 heteroatoms. The normalized spacial score (nSPS) is 12.2. The van der Waals surface area contributed by atoms with E-state index in [9.17, 15) is 49.6 Å².